The van der Waals surface area contributed by atoms with Crippen LogP contribution in [-0.2, 0) is 16.1 Å². The number of amides is 1. The van der Waals surface area contributed by atoms with E-state index in [2.05, 4.69) is 15.4 Å². The molecule has 0 radical (unpaired) electrons. The van der Waals surface area contributed by atoms with E-state index in [1.807, 2.05) is 66.7 Å². The van der Waals surface area contributed by atoms with Crippen molar-refractivity contribution in [3.05, 3.63) is 90.3 Å². The first-order valence-corrected chi connectivity index (χ1v) is 11.0. The van der Waals surface area contributed by atoms with Crippen molar-refractivity contribution in [2.45, 2.75) is 19.6 Å². The van der Waals surface area contributed by atoms with Crippen LogP contribution >= 0.6 is 0 Å². The molecular weight excluding hydrogens is 448 g/mol. The number of ether oxygens (including phenoxy) is 3. The van der Waals surface area contributed by atoms with Gasteiger partial charge in [0.1, 0.15) is 0 Å². The zero-order valence-corrected chi connectivity index (χ0v) is 18.9. The molecule has 0 fully saturated rings. The minimum Gasteiger partial charge on any atom is -0.454 e. The fourth-order valence-corrected chi connectivity index (χ4v) is 3.57. The third-order valence-corrected chi connectivity index (χ3v) is 5.38. The van der Waals surface area contributed by atoms with Crippen molar-refractivity contribution in [2.75, 3.05) is 6.79 Å². The third kappa shape index (κ3) is 4.84. The van der Waals surface area contributed by atoms with Gasteiger partial charge in [0.25, 0.3) is 11.7 Å². The summed E-state index contributed by atoms with van der Waals surface area (Å²) in [4.78, 5) is 29.8. The van der Waals surface area contributed by atoms with Crippen LogP contribution in [0.4, 0.5) is 0 Å². The van der Waals surface area contributed by atoms with E-state index in [1.165, 1.54) is 6.92 Å². The van der Waals surface area contributed by atoms with Crippen LogP contribution in [0.1, 0.15) is 23.1 Å². The average Bonchev–Trinajstić information content (AvgIpc) is 3.55. The first kappa shape index (κ1) is 22.1. The minimum absolute atomic E-state index is 0.136. The van der Waals surface area contributed by atoms with Gasteiger partial charge in [0.05, 0.1) is 5.69 Å². The highest BCUT2D eigenvalue weighted by Gasteiger charge is 2.24. The second kappa shape index (κ2) is 9.68. The number of nitrogens with zero attached hydrogens (tertiary/aromatic N) is 3. The number of carbonyl (C=O) groups is 2. The van der Waals surface area contributed by atoms with Crippen LogP contribution in [0.3, 0.4) is 0 Å². The molecule has 9 nitrogen and oxygen atoms in total. The van der Waals surface area contributed by atoms with E-state index in [1.54, 1.807) is 16.8 Å². The first-order chi connectivity index (χ1) is 17.1. The molecule has 0 saturated carbocycles. The molecule has 4 aromatic rings. The Kier molecular flexibility index (Phi) is 6.13. The number of rotatable bonds is 7. The van der Waals surface area contributed by atoms with Gasteiger partial charge >= 0.3 is 5.97 Å². The van der Waals surface area contributed by atoms with Crippen LogP contribution in [0.5, 0.6) is 11.5 Å². The van der Waals surface area contributed by atoms with Gasteiger partial charge in [0.2, 0.25) is 6.79 Å². The van der Waals surface area contributed by atoms with Crippen molar-refractivity contribution in [3.63, 3.8) is 0 Å². The second-order valence-corrected chi connectivity index (χ2v) is 7.83. The van der Waals surface area contributed by atoms with Gasteiger partial charge in [-0.3, -0.25) is 4.79 Å². The lowest BCUT2D eigenvalue weighted by molar-refractivity contribution is -0.129. The molecule has 0 bridgehead atoms. The normalized spacial score (nSPS) is 12.7. The van der Waals surface area contributed by atoms with Crippen molar-refractivity contribution >= 4 is 11.9 Å². The summed E-state index contributed by atoms with van der Waals surface area (Å²) in [6.07, 6.45) is -1.04. The third-order valence-electron chi connectivity index (χ3n) is 5.38. The van der Waals surface area contributed by atoms with E-state index in [9.17, 15) is 9.59 Å². The maximum absolute atomic E-state index is 12.8. The van der Waals surface area contributed by atoms with Crippen molar-refractivity contribution in [3.8, 4) is 28.6 Å². The number of nitrogens with one attached hydrogen (secondary N) is 1. The number of fused-ring (bicyclic) bond motifs is 1. The summed E-state index contributed by atoms with van der Waals surface area (Å²) in [5.74, 6) is 0.418. The molecule has 0 spiro atoms. The van der Waals surface area contributed by atoms with Crippen LogP contribution in [0.2, 0.25) is 0 Å². The Morgan fingerprint density at radius 1 is 1.00 bits per heavy atom. The number of esters is 1. The first-order valence-electron chi connectivity index (χ1n) is 11.0. The van der Waals surface area contributed by atoms with Crippen LogP contribution in [0, 0.1) is 0 Å². The molecule has 5 rings (SSSR count). The molecule has 9 heteroatoms. The molecule has 1 unspecified atom stereocenters. The Morgan fingerprint density at radius 3 is 2.49 bits per heavy atom. The molecule has 1 amide bonds. The molecule has 3 aromatic carbocycles. The monoisotopic (exact) mass is 470 g/mol. The van der Waals surface area contributed by atoms with Crippen LogP contribution in [0.25, 0.3) is 17.1 Å². The number of aromatic nitrogens is 3. The molecule has 1 N–H and O–H groups in total. The lowest BCUT2D eigenvalue weighted by Gasteiger charge is -2.12. The summed E-state index contributed by atoms with van der Waals surface area (Å²) >= 11 is 0. The number of carbonyl (C=O) groups excluding carboxylic acids is 2. The molecule has 2 heterocycles. The summed E-state index contributed by atoms with van der Waals surface area (Å²) < 4.78 is 17.6. The Balaban J connectivity index is 1.28. The zero-order valence-electron chi connectivity index (χ0n) is 18.9. The number of para-hydroxylation sites is 1. The number of hydrogen-bond donors (Lipinski definition) is 1. The summed E-state index contributed by atoms with van der Waals surface area (Å²) in [7, 11) is 0. The Bertz CT molecular complexity index is 1300. The minimum atomic E-state index is -1.04. The van der Waals surface area contributed by atoms with Gasteiger partial charge in [-0.2, -0.15) is 0 Å². The fraction of sp³-hybridized carbons (Fsp3) is 0.154. The van der Waals surface area contributed by atoms with Gasteiger partial charge in [-0.25, -0.2) is 14.5 Å². The second-order valence-electron chi connectivity index (χ2n) is 7.83. The van der Waals surface area contributed by atoms with E-state index < -0.39 is 18.0 Å². The highest BCUT2D eigenvalue weighted by Crippen LogP contribution is 2.32. The molecule has 0 aliphatic carbocycles. The fourth-order valence-electron chi connectivity index (χ4n) is 3.57. The van der Waals surface area contributed by atoms with Crippen molar-refractivity contribution in [1.82, 2.24) is 20.1 Å². The van der Waals surface area contributed by atoms with E-state index >= 15 is 0 Å². The van der Waals surface area contributed by atoms with Crippen LogP contribution in [-0.4, -0.2) is 39.5 Å². The van der Waals surface area contributed by atoms with E-state index in [4.69, 9.17) is 14.2 Å². The van der Waals surface area contributed by atoms with Gasteiger partial charge in [-0.15, -0.1) is 5.10 Å². The van der Waals surface area contributed by atoms with Crippen LogP contribution in [0.15, 0.2) is 78.9 Å². The molecule has 1 aromatic heterocycles. The zero-order chi connectivity index (χ0) is 24.2. The predicted octanol–water partition coefficient (Wildman–Crippen LogP) is 3.52. The smallest absolute Gasteiger partial charge is 0.379 e. The quantitative estimate of drug-likeness (QED) is 0.412. The average molecular weight is 470 g/mol. The van der Waals surface area contributed by atoms with Crippen LogP contribution < -0.4 is 14.8 Å². The SMILES string of the molecule is CC(OC(=O)c1nc(-c2ccccc2)n(-c2ccccc2)n1)C(=O)NCc1ccc2c(c1)OCO2. The van der Waals surface area contributed by atoms with E-state index in [-0.39, 0.29) is 19.2 Å². The lowest BCUT2D eigenvalue weighted by atomic mass is 10.2. The number of benzene rings is 3. The maximum atomic E-state index is 12.8. The molecule has 176 valence electrons. The Morgan fingerprint density at radius 2 is 1.71 bits per heavy atom. The van der Waals surface area contributed by atoms with E-state index in [0.29, 0.717) is 17.3 Å². The Labute approximate surface area is 201 Å². The molecule has 35 heavy (non-hydrogen) atoms. The van der Waals surface area contributed by atoms with Crippen molar-refractivity contribution < 1.29 is 23.8 Å². The molecule has 1 aliphatic rings. The summed E-state index contributed by atoms with van der Waals surface area (Å²) in [6.45, 7) is 1.92. The predicted molar refractivity (Wildman–Crippen MR) is 126 cm³/mol. The highest BCUT2D eigenvalue weighted by atomic mass is 16.7. The van der Waals surface area contributed by atoms with Crippen molar-refractivity contribution in [1.29, 1.82) is 0 Å². The van der Waals surface area contributed by atoms with Gasteiger partial charge in [0, 0.05) is 12.1 Å². The molecular formula is C26H22N4O5. The van der Waals surface area contributed by atoms with Gasteiger partial charge in [0.15, 0.2) is 23.4 Å². The largest absolute Gasteiger partial charge is 0.454 e. The molecule has 1 atom stereocenters. The standard InChI is InChI=1S/C26H22N4O5/c1-17(25(31)27-15-18-12-13-21-22(14-18)34-16-33-21)35-26(32)23-28-24(19-8-4-2-5-9-19)30(29-23)20-10-6-3-7-11-20/h2-14,17H,15-16H2,1H3,(H,27,31). The van der Waals surface area contributed by atoms with Gasteiger partial charge in [-0.05, 0) is 36.8 Å². The summed E-state index contributed by atoms with van der Waals surface area (Å²) in [6, 6.07) is 24.2. The highest BCUT2D eigenvalue weighted by molar-refractivity contribution is 5.89. The van der Waals surface area contributed by atoms with Crippen molar-refractivity contribution in [2.24, 2.45) is 0 Å². The number of hydrogen-bond acceptors (Lipinski definition) is 7. The lowest BCUT2D eigenvalue weighted by Crippen LogP contribution is -2.35. The Hall–Kier alpha value is -4.66. The summed E-state index contributed by atoms with van der Waals surface area (Å²) in [5, 5.41) is 7.13. The summed E-state index contributed by atoms with van der Waals surface area (Å²) in [5.41, 5.74) is 2.36. The van der Waals surface area contributed by atoms with E-state index in [0.717, 1.165) is 16.8 Å². The van der Waals surface area contributed by atoms with Gasteiger partial charge in [-0.1, -0.05) is 54.6 Å². The molecule has 0 saturated heterocycles. The van der Waals surface area contributed by atoms with Gasteiger partial charge < -0.3 is 19.5 Å². The topological polar surface area (TPSA) is 105 Å². The molecule has 1 aliphatic heterocycles. The maximum Gasteiger partial charge on any atom is 0.379 e.